The van der Waals surface area contributed by atoms with Crippen molar-refractivity contribution in [2.45, 2.75) is 33.7 Å². The summed E-state index contributed by atoms with van der Waals surface area (Å²) in [4.78, 5) is 23.4. The van der Waals surface area contributed by atoms with Gasteiger partial charge in [-0.3, -0.25) is 4.79 Å². The smallest absolute Gasteiger partial charge is 0.326 e. The van der Waals surface area contributed by atoms with Crippen molar-refractivity contribution in [3.63, 3.8) is 0 Å². The van der Waals surface area contributed by atoms with Crippen LogP contribution in [0.15, 0.2) is 22.7 Å². The lowest BCUT2D eigenvalue weighted by atomic mass is 9.86. The molecular formula is C14H18BrNO3. The average molecular weight is 328 g/mol. The highest BCUT2D eigenvalue weighted by atomic mass is 79.9. The lowest BCUT2D eigenvalue weighted by molar-refractivity contribution is -0.142. The minimum absolute atomic E-state index is 0.374. The zero-order chi connectivity index (χ0) is 14.8. The minimum Gasteiger partial charge on any atom is -0.480 e. The third-order valence-electron chi connectivity index (χ3n) is 2.90. The van der Waals surface area contributed by atoms with Gasteiger partial charge >= 0.3 is 5.97 Å². The SMILES string of the molecule is Cc1c(Br)cccc1C(=O)N[C@@H](C(=O)O)C(C)(C)C. The molecule has 0 saturated carbocycles. The number of hydrogen-bond donors (Lipinski definition) is 2. The van der Waals surface area contributed by atoms with Gasteiger partial charge in [-0.25, -0.2) is 4.79 Å². The van der Waals surface area contributed by atoms with E-state index in [2.05, 4.69) is 21.2 Å². The maximum absolute atomic E-state index is 12.2. The average Bonchev–Trinajstić information content (AvgIpc) is 2.27. The summed E-state index contributed by atoms with van der Waals surface area (Å²) in [6.07, 6.45) is 0. The van der Waals surface area contributed by atoms with Gasteiger partial charge in [0, 0.05) is 10.0 Å². The Morgan fingerprint density at radius 2 is 1.89 bits per heavy atom. The standard InChI is InChI=1S/C14H18BrNO3/c1-8-9(6-5-7-10(8)15)12(17)16-11(13(18)19)14(2,3)4/h5-7,11H,1-4H3,(H,16,17)(H,18,19)/t11-/m0/s1. The zero-order valence-electron chi connectivity index (χ0n) is 11.5. The molecule has 4 nitrogen and oxygen atoms in total. The third-order valence-corrected chi connectivity index (χ3v) is 3.76. The van der Waals surface area contributed by atoms with E-state index in [0.29, 0.717) is 5.56 Å². The van der Waals surface area contributed by atoms with Crippen LogP contribution in [0.25, 0.3) is 0 Å². The van der Waals surface area contributed by atoms with Gasteiger partial charge in [0.1, 0.15) is 6.04 Å². The molecule has 0 saturated heterocycles. The molecule has 0 spiro atoms. The number of carboxylic acids is 1. The van der Waals surface area contributed by atoms with E-state index in [1.54, 1.807) is 32.9 Å². The molecule has 0 aliphatic carbocycles. The molecule has 1 amide bonds. The monoisotopic (exact) mass is 327 g/mol. The van der Waals surface area contributed by atoms with Gasteiger partial charge in [0.15, 0.2) is 0 Å². The molecule has 0 unspecified atom stereocenters. The number of nitrogens with one attached hydrogen (secondary N) is 1. The zero-order valence-corrected chi connectivity index (χ0v) is 13.0. The highest BCUT2D eigenvalue weighted by Crippen LogP contribution is 2.22. The molecule has 0 fully saturated rings. The van der Waals surface area contributed by atoms with Crippen LogP contribution >= 0.6 is 15.9 Å². The molecule has 0 aliphatic heterocycles. The molecule has 0 radical (unpaired) electrons. The van der Waals surface area contributed by atoms with Gasteiger partial charge in [-0.1, -0.05) is 42.8 Å². The summed E-state index contributed by atoms with van der Waals surface area (Å²) < 4.78 is 0.822. The predicted octanol–water partition coefficient (Wildman–Crippen LogP) is 2.99. The number of carboxylic acid groups (broad SMARTS) is 1. The van der Waals surface area contributed by atoms with Crippen molar-refractivity contribution in [3.05, 3.63) is 33.8 Å². The quantitative estimate of drug-likeness (QED) is 0.896. The van der Waals surface area contributed by atoms with Crippen LogP contribution in [0.3, 0.4) is 0 Å². The van der Waals surface area contributed by atoms with Crippen LogP contribution < -0.4 is 5.32 Å². The summed E-state index contributed by atoms with van der Waals surface area (Å²) >= 11 is 3.35. The van der Waals surface area contributed by atoms with Gasteiger partial charge < -0.3 is 10.4 Å². The number of carbonyl (C=O) groups is 2. The molecule has 1 rings (SSSR count). The largest absolute Gasteiger partial charge is 0.480 e. The maximum Gasteiger partial charge on any atom is 0.326 e. The molecule has 0 aromatic heterocycles. The number of aliphatic carboxylic acids is 1. The van der Waals surface area contributed by atoms with Crippen molar-refractivity contribution in [1.82, 2.24) is 5.32 Å². The van der Waals surface area contributed by atoms with Crippen LogP contribution in [-0.4, -0.2) is 23.0 Å². The Kier molecular flexibility index (Phi) is 4.74. The molecule has 5 heteroatoms. The van der Waals surface area contributed by atoms with E-state index in [-0.39, 0.29) is 5.91 Å². The Hall–Kier alpha value is -1.36. The highest BCUT2D eigenvalue weighted by molar-refractivity contribution is 9.10. The number of rotatable bonds is 3. The highest BCUT2D eigenvalue weighted by Gasteiger charge is 2.33. The topological polar surface area (TPSA) is 66.4 Å². The Morgan fingerprint density at radius 3 is 2.37 bits per heavy atom. The van der Waals surface area contributed by atoms with Crippen LogP contribution in [0, 0.1) is 12.3 Å². The maximum atomic E-state index is 12.2. The summed E-state index contributed by atoms with van der Waals surface area (Å²) in [5, 5.41) is 11.8. The van der Waals surface area contributed by atoms with E-state index in [1.165, 1.54) is 0 Å². The van der Waals surface area contributed by atoms with E-state index in [4.69, 9.17) is 0 Å². The minimum atomic E-state index is -1.03. The lowest BCUT2D eigenvalue weighted by Gasteiger charge is -2.28. The van der Waals surface area contributed by atoms with Gasteiger partial charge in [0.25, 0.3) is 5.91 Å². The summed E-state index contributed by atoms with van der Waals surface area (Å²) in [5.74, 6) is -1.41. The first kappa shape index (κ1) is 15.7. The van der Waals surface area contributed by atoms with E-state index >= 15 is 0 Å². The molecule has 1 atom stereocenters. The number of hydrogen-bond acceptors (Lipinski definition) is 2. The second-order valence-electron chi connectivity index (χ2n) is 5.52. The Labute approximate surface area is 121 Å². The fourth-order valence-corrected chi connectivity index (χ4v) is 2.08. The van der Waals surface area contributed by atoms with Crippen LogP contribution in [0.4, 0.5) is 0 Å². The molecule has 19 heavy (non-hydrogen) atoms. The van der Waals surface area contributed by atoms with E-state index in [9.17, 15) is 14.7 Å². The lowest BCUT2D eigenvalue weighted by Crippen LogP contribution is -2.49. The molecule has 104 valence electrons. The molecule has 1 aromatic rings. The Balaban J connectivity index is 3.02. The number of halogens is 1. The van der Waals surface area contributed by atoms with E-state index in [1.807, 2.05) is 13.0 Å². The van der Waals surface area contributed by atoms with E-state index in [0.717, 1.165) is 10.0 Å². The summed E-state index contributed by atoms with van der Waals surface area (Å²) in [6, 6.07) is 4.33. The summed E-state index contributed by atoms with van der Waals surface area (Å²) in [5.41, 5.74) is 0.712. The number of carbonyl (C=O) groups excluding carboxylic acids is 1. The van der Waals surface area contributed by atoms with Gasteiger partial charge in [-0.2, -0.15) is 0 Å². The Bertz CT molecular complexity index is 506. The molecule has 2 N–H and O–H groups in total. The van der Waals surface area contributed by atoms with Crippen LogP contribution in [0.5, 0.6) is 0 Å². The van der Waals surface area contributed by atoms with Gasteiger partial charge in [-0.05, 0) is 30.0 Å². The first-order valence-corrected chi connectivity index (χ1v) is 6.72. The first-order chi connectivity index (χ1) is 8.64. The second-order valence-corrected chi connectivity index (χ2v) is 6.38. The Morgan fingerprint density at radius 1 is 1.32 bits per heavy atom. The second kappa shape index (κ2) is 5.74. The van der Waals surface area contributed by atoms with Crippen LogP contribution in [-0.2, 0) is 4.79 Å². The van der Waals surface area contributed by atoms with Crippen molar-refractivity contribution in [2.75, 3.05) is 0 Å². The third kappa shape index (κ3) is 3.80. The summed E-state index contributed by atoms with van der Waals surface area (Å²) in [6.45, 7) is 7.14. The van der Waals surface area contributed by atoms with Crippen LogP contribution in [0.1, 0.15) is 36.7 Å². The first-order valence-electron chi connectivity index (χ1n) is 5.93. The predicted molar refractivity (Wildman–Crippen MR) is 77.2 cm³/mol. The van der Waals surface area contributed by atoms with Crippen molar-refractivity contribution in [2.24, 2.45) is 5.41 Å². The number of amides is 1. The molecular weight excluding hydrogens is 310 g/mol. The van der Waals surface area contributed by atoms with Crippen molar-refractivity contribution >= 4 is 27.8 Å². The van der Waals surface area contributed by atoms with Gasteiger partial charge in [0.05, 0.1) is 0 Å². The fourth-order valence-electron chi connectivity index (χ4n) is 1.71. The van der Waals surface area contributed by atoms with Crippen molar-refractivity contribution in [3.8, 4) is 0 Å². The normalized spacial score (nSPS) is 12.9. The molecule has 0 heterocycles. The molecule has 0 bridgehead atoms. The molecule has 1 aromatic carbocycles. The van der Waals surface area contributed by atoms with Crippen molar-refractivity contribution < 1.29 is 14.7 Å². The van der Waals surface area contributed by atoms with E-state index < -0.39 is 17.4 Å². The summed E-state index contributed by atoms with van der Waals surface area (Å²) in [7, 11) is 0. The number of benzene rings is 1. The van der Waals surface area contributed by atoms with Gasteiger partial charge in [-0.15, -0.1) is 0 Å². The fraction of sp³-hybridized carbons (Fsp3) is 0.429. The van der Waals surface area contributed by atoms with Crippen molar-refractivity contribution in [1.29, 1.82) is 0 Å². The van der Waals surface area contributed by atoms with Gasteiger partial charge in [0.2, 0.25) is 0 Å². The van der Waals surface area contributed by atoms with Crippen LogP contribution in [0.2, 0.25) is 0 Å². The molecule has 0 aliphatic rings.